The summed E-state index contributed by atoms with van der Waals surface area (Å²) >= 11 is 0. The highest BCUT2D eigenvalue weighted by Crippen LogP contribution is 2.44. The van der Waals surface area contributed by atoms with Gasteiger partial charge < -0.3 is 4.90 Å². The van der Waals surface area contributed by atoms with Crippen molar-refractivity contribution < 1.29 is 8.78 Å². The summed E-state index contributed by atoms with van der Waals surface area (Å²) in [6.45, 7) is 4.16. The lowest BCUT2D eigenvalue weighted by atomic mass is 9.79. The van der Waals surface area contributed by atoms with Crippen LogP contribution in [0.4, 0.5) is 8.78 Å². The van der Waals surface area contributed by atoms with Gasteiger partial charge in [-0.2, -0.15) is 0 Å². The van der Waals surface area contributed by atoms with Gasteiger partial charge in [0, 0.05) is 17.5 Å². The normalized spacial score (nSPS) is 23.8. The summed E-state index contributed by atoms with van der Waals surface area (Å²) in [5.74, 6) is -2.84. The SMILES string of the molecule is CC(C)c1ccc(C(F)(F)C2CCC(N(C)C)CC2)cc1. The number of nitrogens with zero attached hydrogens (tertiary/aromatic N) is 1. The molecular weight excluding hydrogens is 268 g/mol. The Bertz CT molecular complexity index is 443. The van der Waals surface area contributed by atoms with E-state index in [9.17, 15) is 8.78 Å². The molecule has 0 aliphatic heterocycles. The molecule has 0 unspecified atom stereocenters. The lowest BCUT2D eigenvalue weighted by Crippen LogP contribution is -2.36. The average molecular weight is 295 g/mol. The summed E-state index contributed by atoms with van der Waals surface area (Å²) in [4.78, 5) is 2.16. The molecule has 0 saturated heterocycles. The second-order valence-corrected chi connectivity index (χ2v) is 6.87. The molecule has 2 rings (SSSR count). The van der Waals surface area contributed by atoms with Crippen LogP contribution in [0.3, 0.4) is 0 Å². The minimum atomic E-state index is -2.70. The quantitative estimate of drug-likeness (QED) is 0.753. The first-order valence-corrected chi connectivity index (χ1v) is 7.97. The third-order valence-corrected chi connectivity index (χ3v) is 4.90. The number of hydrogen-bond donors (Lipinski definition) is 0. The largest absolute Gasteiger partial charge is 0.306 e. The molecule has 21 heavy (non-hydrogen) atoms. The molecule has 0 atom stereocenters. The van der Waals surface area contributed by atoms with Crippen molar-refractivity contribution in [2.45, 2.75) is 57.4 Å². The van der Waals surface area contributed by atoms with Gasteiger partial charge in [0.2, 0.25) is 0 Å². The van der Waals surface area contributed by atoms with Gasteiger partial charge in [-0.15, -0.1) is 0 Å². The molecule has 118 valence electrons. The molecule has 0 spiro atoms. The highest BCUT2D eigenvalue weighted by molar-refractivity contribution is 5.28. The smallest absolute Gasteiger partial charge is 0.276 e. The first kappa shape index (κ1) is 16.4. The van der Waals surface area contributed by atoms with Gasteiger partial charge in [-0.25, -0.2) is 8.78 Å². The van der Waals surface area contributed by atoms with E-state index in [1.165, 1.54) is 0 Å². The average Bonchev–Trinajstić information content (AvgIpc) is 2.47. The molecule has 0 aromatic heterocycles. The van der Waals surface area contributed by atoms with Gasteiger partial charge in [0.25, 0.3) is 5.92 Å². The van der Waals surface area contributed by atoms with Crippen LogP contribution >= 0.6 is 0 Å². The fourth-order valence-electron chi connectivity index (χ4n) is 3.28. The van der Waals surface area contributed by atoms with Gasteiger partial charge in [-0.1, -0.05) is 38.1 Å². The van der Waals surface area contributed by atoms with Crippen LogP contribution in [0.2, 0.25) is 0 Å². The molecule has 1 aromatic carbocycles. The highest BCUT2D eigenvalue weighted by Gasteiger charge is 2.43. The van der Waals surface area contributed by atoms with Crippen molar-refractivity contribution in [3.8, 4) is 0 Å². The molecule has 1 saturated carbocycles. The summed E-state index contributed by atoms with van der Waals surface area (Å²) in [5, 5.41) is 0. The predicted octanol–water partition coefficient (Wildman–Crippen LogP) is 5.02. The maximum absolute atomic E-state index is 14.7. The molecule has 1 fully saturated rings. The van der Waals surface area contributed by atoms with E-state index in [1.54, 1.807) is 12.1 Å². The zero-order valence-corrected chi connectivity index (χ0v) is 13.6. The van der Waals surface area contributed by atoms with E-state index in [0.29, 0.717) is 24.8 Å². The summed E-state index contributed by atoms with van der Waals surface area (Å²) < 4.78 is 29.4. The van der Waals surface area contributed by atoms with Crippen molar-refractivity contribution in [2.75, 3.05) is 14.1 Å². The third kappa shape index (κ3) is 3.63. The minimum absolute atomic E-state index is 0.181. The molecule has 1 aromatic rings. The Morgan fingerprint density at radius 1 is 1.00 bits per heavy atom. The van der Waals surface area contributed by atoms with Crippen LogP contribution in [-0.2, 0) is 5.92 Å². The van der Waals surface area contributed by atoms with Gasteiger partial charge in [0.15, 0.2) is 0 Å². The van der Waals surface area contributed by atoms with Crippen LogP contribution in [-0.4, -0.2) is 25.0 Å². The maximum Gasteiger partial charge on any atom is 0.276 e. The number of benzene rings is 1. The number of halogens is 2. The molecule has 1 aliphatic carbocycles. The fourth-order valence-corrected chi connectivity index (χ4v) is 3.28. The Kier molecular flexibility index (Phi) is 5.03. The Balaban J connectivity index is 2.07. The lowest BCUT2D eigenvalue weighted by Gasteiger charge is -2.36. The predicted molar refractivity (Wildman–Crippen MR) is 83.9 cm³/mol. The molecule has 3 heteroatoms. The van der Waals surface area contributed by atoms with Gasteiger partial charge in [0.1, 0.15) is 0 Å². The molecule has 1 aliphatic rings. The fraction of sp³-hybridized carbons (Fsp3) is 0.667. The van der Waals surface area contributed by atoms with Gasteiger partial charge in [0.05, 0.1) is 0 Å². The van der Waals surface area contributed by atoms with Gasteiger partial charge in [-0.3, -0.25) is 0 Å². The second-order valence-electron chi connectivity index (χ2n) is 6.87. The molecular formula is C18H27F2N. The number of hydrogen-bond acceptors (Lipinski definition) is 1. The summed E-state index contributed by atoms with van der Waals surface area (Å²) in [6.07, 6.45) is 2.97. The van der Waals surface area contributed by atoms with Crippen molar-refractivity contribution in [1.82, 2.24) is 4.90 Å². The molecule has 0 bridgehead atoms. The maximum atomic E-state index is 14.7. The first-order chi connectivity index (χ1) is 9.82. The molecule has 0 radical (unpaired) electrons. The van der Waals surface area contributed by atoms with Crippen molar-refractivity contribution >= 4 is 0 Å². The van der Waals surface area contributed by atoms with Crippen molar-refractivity contribution in [1.29, 1.82) is 0 Å². The van der Waals surface area contributed by atoms with Crippen molar-refractivity contribution in [2.24, 2.45) is 5.92 Å². The van der Waals surface area contributed by atoms with E-state index in [-0.39, 0.29) is 5.56 Å². The number of rotatable bonds is 4. The van der Waals surface area contributed by atoms with Crippen LogP contribution in [0, 0.1) is 5.92 Å². The van der Waals surface area contributed by atoms with Crippen LogP contribution in [0.15, 0.2) is 24.3 Å². The van der Waals surface area contributed by atoms with E-state index in [4.69, 9.17) is 0 Å². The zero-order valence-electron chi connectivity index (χ0n) is 13.6. The Morgan fingerprint density at radius 3 is 1.95 bits per heavy atom. The molecule has 0 heterocycles. The Labute approximate surface area is 127 Å². The molecule has 0 amide bonds. The third-order valence-electron chi connectivity index (χ3n) is 4.90. The van der Waals surface area contributed by atoms with Crippen LogP contribution < -0.4 is 0 Å². The van der Waals surface area contributed by atoms with E-state index >= 15 is 0 Å². The van der Waals surface area contributed by atoms with Crippen LogP contribution in [0.5, 0.6) is 0 Å². The number of alkyl halides is 2. The Hall–Kier alpha value is -0.960. The Morgan fingerprint density at radius 2 is 1.52 bits per heavy atom. The topological polar surface area (TPSA) is 3.24 Å². The first-order valence-electron chi connectivity index (χ1n) is 7.97. The van der Waals surface area contributed by atoms with Crippen LogP contribution in [0.1, 0.15) is 56.6 Å². The second kappa shape index (κ2) is 6.43. The summed E-state index contributed by atoms with van der Waals surface area (Å²) in [5.41, 5.74) is 1.30. The van der Waals surface area contributed by atoms with Crippen LogP contribution in [0.25, 0.3) is 0 Å². The standard InChI is InChI=1S/C18H27F2N/c1-13(2)14-5-7-15(8-6-14)18(19,20)16-9-11-17(12-10-16)21(3)4/h5-8,13,16-17H,9-12H2,1-4H3. The van der Waals surface area contributed by atoms with E-state index in [1.807, 2.05) is 26.2 Å². The highest BCUT2D eigenvalue weighted by atomic mass is 19.3. The monoisotopic (exact) mass is 295 g/mol. The zero-order chi connectivity index (χ0) is 15.6. The van der Waals surface area contributed by atoms with E-state index in [0.717, 1.165) is 18.4 Å². The molecule has 0 N–H and O–H groups in total. The van der Waals surface area contributed by atoms with Crippen molar-refractivity contribution in [3.63, 3.8) is 0 Å². The molecule has 1 nitrogen and oxygen atoms in total. The van der Waals surface area contributed by atoms with Gasteiger partial charge in [-0.05, 0) is 51.3 Å². The minimum Gasteiger partial charge on any atom is -0.306 e. The van der Waals surface area contributed by atoms with E-state index in [2.05, 4.69) is 18.7 Å². The summed E-state index contributed by atoms with van der Waals surface area (Å²) in [6, 6.07) is 7.39. The lowest BCUT2D eigenvalue weighted by molar-refractivity contribution is -0.0831. The summed E-state index contributed by atoms with van der Waals surface area (Å²) in [7, 11) is 4.07. The van der Waals surface area contributed by atoms with Gasteiger partial charge >= 0.3 is 0 Å². The van der Waals surface area contributed by atoms with E-state index < -0.39 is 11.8 Å². The van der Waals surface area contributed by atoms with Crippen molar-refractivity contribution in [3.05, 3.63) is 35.4 Å².